The molecule has 1 amide bonds. The smallest absolute Gasteiger partial charge is 0.261 e. The second kappa shape index (κ2) is 10.8. The van der Waals surface area contributed by atoms with E-state index in [1.54, 1.807) is 6.92 Å². The Bertz CT molecular complexity index is 789. The molecule has 29 heavy (non-hydrogen) atoms. The lowest BCUT2D eigenvalue weighted by Gasteiger charge is -2.34. The number of nitrogens with zero attached hydrogens (tertiary/aromatic N) is 2. The van der Waals surface area contributed by atoms with Crippen molar-refractivity contribution in [3.05, 3.63) is 64.1 Å². The third-order valence-electron chi connectivity index (χ3n) is 5.32. The number of hydrogen-bond donors (Lipinski definition) is 1. The van der Waals surface area contributed by atoms with Crippen molar-refractivity contribution in [3.63, 3.8) is 0 Å². The number of carbonyl (C=O) groups excluding carboxylic acids is 1. The Morgan fingerprint density at radius 1 is 1.03 bits per heavy atom. The number of para-hydroxylation sites is 1. The molecular formula is C23H30BrN3O2. The van der Waals surface area contributed by atoms with E-state index < -0.39 is 6.10 Å². The molecule has 156 valence electrons. The van der Waals surface area contributed by atoms with Gasteiger partial charge >= 0.3 is 0 Å². The molecule has 6 heteroatoms. The number of halogens is 1. The number of benzene rings is 2. The zero-order valence-corrected chi connectivity index (χ0v) is 18.8. The molecule has 0 aliphatic carbocycles. The highest BCUT2D eigenvalue weighted by Crippen LogP contribution is 2.24. The topological polar surface area (TPSA) is 44.8 Å². The first-order valence-corrected chi connectivity index (χ1v) is 11.1. The molecule has 0 saturated carbocycles. The fraction of sp³-hybridized carbons (Fsp3) is 0.435. The largest absolute Gasteiger partial charge is 0.480 e. The molecule has 2 aromatic rings. The summed E-state index contributed by atoms with van der Waals surface area (Å²) in [4.78, 5) is 17.3. The highest BCUT2D eigenvalue weighted by atomic mass is 79.9. The van der Waals surface area contributed by atoms with Crippen LogP contribution in [0.25, 0.3) is 0 Å². The van der Waals surface area contributed by atoms with Crippen LogP contribution in [-0.4, -0.2) is 54.5 Å². The van der Waals surface area contributed by atoms with E-state index in [1.165, 1.54) is 5.56 Å². The second-order valence-corrected chi connectivity index (χ2v) is 8.29. The maximum atomic E-state index is 12.4. The number of likely N-dealkylation sites (N-methyl/N-ethyl adjacent to an activating group) is 1. The number of hydrogen-bond acceptors (Lipinski definition) is 4. The lowest BCUT2D eigenvalue weighted by Crippen LogP contribution is -2.45. The van der Waals surface area contributed by atoms with E-state index in [2.05, 4.69) is 62.2 Å². The zero-order valence-electron chi connectivity index (χ0n) is 17.2. The molecule has 1 atom stereocenters. The molecule has 0 spiro atoms. The zero-order chi connectivity index (χ0) is 20.6. The summed E-state index contributed by atoms with van der Waals surface area (Å²) in [6.45, 7) is 11.2. The molecule has 1 aliphatic rings. The Hall–Kier alpha value is -1.89. The predicted molar refractivity (Wildman–Crippen MR) is 120 cm³/mol. The standard InChI is InChI=1S/C23H30BrN3O2/c1-3-26-12-14-27(15-13-26)17-20-10-8-19(9-11-20)16-25-23(28)18(2)29-22-7-5-4-6-21(22)24/h4-11,18H,3,12-17H2,1-2H3,(H,25,28). The Labute approximate surface area is 182 Å². The van der Waals surface area contributed by atoms with Gasteiger partial charge in [-0.3, -0.25) is 9.69 Å². The number of rotatable bonds is 8. The molecule has 5 nitrogen and oxygen atoms in total. The minimum absolute atomic E-state index is 0.126. The molecule has 1 N–H and O–H groups in total. The summed E-state index contributed by atoms with van der Waals surface area (Å²) in [6.07, 6.45) is -0.560. The number of ether oxygens (including phenoxy) is 1. The molecule has 0 aromatic heterocycles. The maximum Gasteiger partial charge on any atom is 0.261 e. The SMILES string of the molecule is CCN1CCN(Cc2ccc(CNC(=O)C(C)Oc3ccccc3Br)cc2)CC1. The van der Waals surface area contributed by atoms with E-state index >= 15 is 0 Å². The van der Waals surface area contributed by atoms with Crippen molar-refractivity contribution in [2.24, 2.45) is 0 Å². The predicted octanol–water partition coefficient (Wildman–Crippen LogP) is 3.67. The third-order valence-corrected chi connectivity index (χ3v) is 5.97. The third kappa shape index (κ3) is 6.56. The Kier molecular flexibility index (Phi) is 8.09. The van der Waals surface area contributed by atoms with E-state index in [-0.39, 0.29) is 5.91 Å². The quantitative estimate of drug-likeness (QED) is 0.653. The molecule has 1 saturated heterocycles. The van der Waals surface area contributed by atoms with Crippen molar-refractivity contribution >= 4 is 21.8 Å². The summed E-state index contributed by atoms with van der Waals surface area (Å²) in [5.74, 6) is 0.540. The molecule has 0 radical (unpaired) electrons. The van der Waals surface area contributed by atoms with Crippen LogP contribution in [0.5, 0.6) is 5.75 Å². The fourth-order valence-electron chi connectivity index (χ4n) is 3.40. The molecule has 1 fully saturated rings. The maximum absolute atomic E-state index is 12.4. The van der Waals surface area contributed by atoms with Crippen LogP contribution >= 0.6 is 15.9 Å². The lowest BCUT2D eigenvalue weighted by atomic mass is 10.1. The van der Waals surface area contributed by atoms with Crippen LogP contribution in [0.2, 0.25) is 0 Å². The van der Waals surface area contributed by atoms with Crippen LogP contribution in [-0.2, 0) is 17.9 Å². The van der Waals surface area contributed by atoms with Gasteiger partial charge < -0.3 is 15.0 Å². The second-order valence-electron chi connectivity index (χ2n) is 7.44. The van der Waals surface area contributed by atoms with Crippen molar-refractivity contribution in [2.75, 3.05) is 32.7 Å². The van der Waals surface area contributed by atoms with Crippen LogP contribution in [0.1, 0.15) is 25.0 Å². The molecule has 2 aromatic carbocycles. The number of amides is 1. The summed E-state index contributed by atoms with van der Waals surface area (Å²) < 4.78 is 6.59. The Balaban J connectivity index is 1.43. The molecule has 0 bridgehead atoms. The Morgan fingerprint density at radius 2 is 1.66 bits per heavy atom. The molecule has 3 rings (SSSR count). The minimum Gasteiger partial charge on any atom is -0.480 e. The van der Waals surface area contributed by atoms with E-state index in [9.17, 15) is 4.79 Å². The van der Waals surface area contributed by atoms with E-state index in [1.807, 2.05) is 24.3 Å². The van der Waals surface area contributed by atoms with Gasteiger partial charge in [-0.2, -0.15) is 0 Å². The average Bonchev–Trinajstić information content (AvgIpc) is 2.75. The number of carbonyl (C=O) groups is 1. The lowest BCUT2D eigenvalue weighted by molar-refractivity contribution is -0.127. The Morgan fingerprint density at radius 3 is 2.31 bits per heavy atom. The van der Waals surface area contributed by atoms with Crippen LogP contribution in [0, 0.1) is 0 Å². The molecule has 1 unspecified atom stereocenters. The fourth-order valence-corrected chi connectivity index (χ4v) is 3.78. The van der Waals surface area contributed by atoms with Crippen molar-refractivity contribution in [3.8, 4) is 5.75 Å². The first-order valence-electron chi connectivity index (χ1n) is 10.3. The van der Waals surface area contributed by atoms with Crippen molar-refractivity contribution in [1.29, 1.82) is 0 Å². The van der Waals surface area contributed by atoms with E-state index in [0.29, 0.717) is 12.3 Å². The highest BCUT2D eigenvalue weighted by molar-refractivity contribution is 9.10. The summed E-state index contributed by atoms with van der Waals surface area (Å²) in [5, 5.41) is 2.96. The van der Waals surface area contributed by atoms with Crippen LogP contribution in [0.15, 0.2) is 53.0 Å². The normalized spacial score (nSPS) is 16.4. The van der Waals surface area contributed by atoms with Gasteiger partial charge in [0.2, 0.25) is 0 Å². The van der Waals surface area contributed by atoms with Crippen molar-refractivity contribution < 1.29 is 9.53 Å². The highest BCUT2D eigenvalue weighted by Gasteiger charge is 2.16. The summed E-state index contributed by atoms with van der Waals surface area (Å²) in [5.41, 5.74) is 2.40. The molecule has 1 heterocycles. The summed E-state index contributed by atoms with van der Waals surface area (Å²) >= 11 is 3.44. The van der Waals surface area contributed by atoms with E-state index in [0.717, 1.165) is 49.3 Å². The van der Waals surface area contributed by atoms with Gasteiger partial charge in [0, 0.05) is 39.3 Å². The number of nitrogens with one attached hydrogen (secondary N) is 1. The first-order chi connectivity index (χ1) is 14.0. The molecular weight excluding hydrogens is 430 g/mol. The van der Waals surface area contributed by atoms with Gasteiger partial charge in [0.1, 0.15) is 5.75 Å². The van der Waals surface area contributed by atoms with Crippen LogP contribution in [0.4, 0.5) is 0 Å². The van der Waals surface area contributed by atoms with Gasteiger partial charge in [0.15, 0.2) is 6.10 Å². The minimum atomic E-state index is -0.560. The summed E-state index contributed by atoms with van der Waals surface area (Å²) in [6, 6.07) is 16.0. The van der Waals surface area contributed by atoms with Gasteiger partial charge in [-0.25, -0.2) is 0 Å². The number of piperazine rings is 1. The first kappa shape index (κ1) is 21.8. The van der Waals surface area contributed by atoms with Crippen LogP contribution < -0.4 is 10.1 Å². The van der Waals surface area contributed by atoms with Crippen molar-refractivity contribution in [2.45, 2.75) is 33.0 Å². The summed E-state index contributed by atoms with van der Waals surface area (Å²) in [7, 11) is 0. The van der Waals surface area contributed by atoms with Crippen LogP contribution in [0.3, 0.4) is 0 Å². The average molecular weight is 460 g/mol. The van der Waals surface area contributed by atoms with Gasteiger partial charge in [-0.15, -0.1) is 0 Å². The van der Waals surface area contributed by atoms with Gasteiger partial charge in [0.25, 0.3) is 5.91 Å². The van der Waals surface area contributed by atoms with E-state index in [4.69, 9.17) is 4.74 Å². The van der Waals surface area contributed by atoms with Gasteiger partial charge in [0.05, 0.1) is 4.47 Å². The monoisotopic (exact) mass is 459 g/mol. The molecule has 1 aliphatic heterocycles. The van der Waals surface area contributed by atoms with Crippen molar-refractivity contribution in [1.82, 2.24) is 15.1 Å². The van der Waals surface area contributed by atoms with Gasteiger partial charge in [-0.05, 0) is 52.7 Å². The van der Waals surface area contributed by atoms with Gasteiger partial charge in [-0.1, -0.05) is 43.3 Å².